The van der Waals surface area contributed by atoms with Crippen LogP contribution in [0, 0.1) is 6.92 Å². The van der Waals surface area contributed by atoms with Crippen molar-refractivity contribution in [3.63, 3.8) is 0 Å². The lowest BCUT2D eigenvalue weighted by molar-refractivity contribution is -0.140. The summed E-state index contributed by atoms with van der Waals surface area (Å²) >= 11 is 1.30. The number of nitrogens with one attached hydrogen (secondary N) is 3. The van der Waals surface area contributed by atoms with Gasteiger partial charge in [-0.05, 0) is 37.6 Å². The molecule has 1 aromatic carbocycles. The maximum absolute atomic E-state index is 12.3. The van der Waals surface area contributed by atoms with E-state index in [1.807, 2.05) is 0 Å². The normalized spacial score (nSPS) is 11.9. The van der Waals surface area contributed by atoms with Gasteiger partial charge in [0.15, 0.2) is 0 Å². The molecule has 0 radical (unpaired) electrons. The van der Waals surface area contributed by atoms with E-state index in [0.29, 0.717) is 15.9 Å². The molecule has 162 valence electrons. The largest absolute Gasteiger partial charge is 0.481 e. The molecule has 31 heavy (non-hydrogen) atoms. The summed E-state index contributed by atoms with van der Waals surface area (Å²) in [4.78, 5) is 57.5. The van der Waals surface area contributed by atoms with Crippen molar-refractivity contribution in [1.29, 1.82) is 0 Å². The molecular formula is C19H19N5O6S. The van der Waals surface area contributed by atoms with Crippen LogP contribution in [0.15, 0.2) is 38.9 Å². The number of aryl methyl sites for hydroxylation is 1. The first-order valence-corrected chi connectivity index (χ1v) is 9.88. The number of carbonyl (C=O) groups is 3. The van der Waals surface area contributed by atoms with E-state index in [-0.39, 0.29) is 29.9 Å². The fourth-order valence-electron chi connectivity index (χ4n) is 2.90. The molecule has 0 aliphatic rings. The predicted octanol–water partition coefficient (Wildman–Crippen LogP) is 1.34. The zero-order valence-electron chi connectivity index (χ0n) is 16.3. The quantitative estimate of drug-likeness (QED) is 0.297. The topological polar surface area (TPSA) is 191 Å². The number of aromatic nitrogens is 3. The van der Waals surface area contributed by atoms with Crippen LogP contribution in [0.4, 0.5) is 5.95 Å². The number of benzene rings is 1. The van der Waals surface area contributed by atoms with E-state index in [1.54, 1.807) is 19.1 Å². The van der Waals surface area contributed by atoms with Crippen molar-refractivity contribution < 1.29 is 24.6 Å². The number of nitrogens with two attached hydrogens (primary N) is 1. The second-order valence-electron chi connectivity index (χ2n) is 6.68. The number of carbonyl (C=O) groups excluding carboxylic acids is 1. The number of anilines is 1. The lowest BCUT2D eigenvalue weighted by Gasteiger charge is -2.13. The molecule has 0 unspecified atom stereocenters. The summed E-state index contributed by atoms with van der Waals surface area (Å²) < 4.78 is 0. The molecule has 0 aliphatic carbocycles. The van der Waals surface area contributed by atoms with E-state index in [2.05, 4.69) is 20.3 Å². The van der Waals surface area contributed by atoms with Gasteiger partial charge in [0, 0.05) is 27.5 Å². The van der Waals surface area contributed by atoms with E-state index in [0.717, 1.165) is 10.6 Å². The van der Waals surface area contributed by atoms with Crippen molar-refractivity contribution in [1.82, 2.24) is 20.3 Å². The molecule has 0 bridgehead atoms. The summed E-state index contributed by atoms with van der Waals surface area (Å²) in [5, 5.41) is 20.6. The Kier molecular flexibility index (Phi) is 6.30. The lowest BCUT2D eigenvalue weighted by Crippen LogP contribution is -2.41. The molecule has 0 spiro atoms. The smallest absolute Gasteiger partial charge is 0.326 e. The number of carboxylic acid groups (broad SMARTS) is 2. The average Bonchev–Trinajstić information content (AvgIpc) is 3.00. The van der Waals surface area contributed by atoms with Gasteiger partial charge in [-0.2, -0.15) is 4.98 Å². The number of rotatable bonds is 8. The van der Waals surface area contributed by atoms with Crippen molar-refractivity contribution in [2.75, 3.05) is 5.73 Å². The van der Waals surface area contributed by atoms with Gasteiger partial charge in [0.25, 0.3) is 11.5 Å². The van der Waals surface area contributed by atoms with Gasteiger partial charge in [0.05, 0.1) is 5.39 Å². The number of fused-ring (bicyclic) bond motifs is 1. The molecule has 0 saturated heterocycles. The minimum atomic E-state index is -1.31. The van der Waals surface area contributed by atoms with Crippen LogP contribution in [0.5, 0.6) is 0 Å². The third-order valence-corrected chi connectivity index (χ3v) is 5.62. The summed E-state index contributed by atoms with van der Waals surface area (Å²) in [5.74, 6) is -3.08. The molecule has 0 aliphatic heterocycles. The highest BCUT2D eigenvalue weighted by atomic mass is 32.2. The summed E-state index contributed by atoms with van der Waals surface area (Å²) in [6.45, 7) is 1.80. The van der Waals surface area contributed by atoms with Crippen molar-refractivity contribution in [3.8, 4) is 0 Å². The molecule has 12 heteroatoms. The van der Waals surface area contributed by atoms with Gasteiger partial charge in [-0.1, -0.05) is 11.8 Å². The van der Waals surface area contributed by atoms with Gasteiger partial charge in [0.2, 0.25) is 5.95 Å². The number of aromatic amines is 2. The Morgan fingerprint density at radius 2 is 1.87 bits per heavy atom. The fourth-order valence-corrected chi connectivity index (χ4v) is 3.90. The molecule has 2 heterocycles. The van der Waals surface area contributed by atoms with Gasteiger partial charge in [-0.3, -0.25) is 19.4 Å². The van der Waals surface area contributed by atoms with E-state index in [1.165, 1.54) is 23.9 Å². The minimum Gasteiger partial charge on any atom is -0.481 e. The Labute approximate surface area is 179 Å². The summed E-state index contributed by atoms with van der Waals surface area (Å²) in [6, 6.07) is 5.03. The van der Waals surface area contributed by atoms with Gasteiger partial charge in [0.1, 0.15) is 11.7 Å². The van der Waals surface area contributed by atoms with Gasteiger partial charge in [-0.15, -0.1) is 0 Å². The molecule has 1 atom stereocenters. The second kappa shape index (κ2) is 8.92. The third kappa shape index (κ3) is 5.04. The van der Waals surface area contributed by atoms with Crippen LogP contribution in [-0.2, 0) is 9.59 Å². The zero-order valence-corrected chi connectivity index (χ0v) is 17.1. The average molecular weight is 445 g/mol. The van der Waals surface area contributed by atoms with Gasteiger partial charge in [-0.25, -0.2) is 4.79 Å². The van der Waals surface area contributed by atoms with E-state index >= 15 is 0 Å². The number of aliphatic carboxylic acids is 2. The predicted molar refractivity (Wildman–Crippen MR) is 112 cm³/mol. The Morgan fingerprint density at radius 3 is 2.48 bits per heavy atom. The van der Waals surface area contributed by atoms with Gasteiger partial charge >= 0.3 is 11.9 Å². The van der Waals surface area contributed by atoms with Gasteiger partial charge < -0.3 is 26.2 Å². The highest BCUT2D eigenvalue weighted by molar-refractivity contribution is 7.99. The molecule has 3 aromatic rings. The molecular weight excluding hydrogens is 426 g/mol. The zero-order chi connectivity index (χ0) is 22.7. The lowest BCUT2D eigenvalue weighted by atomic mass is 10.1. The molecule has 1 amide bonds. The second-order valence-corrected chi connectivity index (χ2v) is 7.76. The van der Waals surface area contributed by atoms with Crippen LogP contribution in [0.2, 0.25) is 0 Å². The number of hydrogen-bond acceptors (Lipinski definition) is 7. The fraction of sp³-hybridized carbons (Fsp3) is 0.211. The minimum absolute atomic E-state index is 0.00804. The number of amides is 1. The van der Waals surface area contributed by atoms with E-state index < -0.39 is 23.9 Å². The van der Waals surface area contributed by atoms with Crippen LogP contribution >= 0.6 is 11.8 Å². The van der Waals surface area contributed by atoms with Crippen LogP contribution in [0.25, 0.3) is 11.0 Å². The summed E-state index contributed by atoms with van der Waals surface area (Å²) in [6.07, 6.45) is -0.603. The highest BCUT2D eigenvalue weighted by Crippen LogP contribution is 2.34. The monoisotopic (exact) mass is 445 g/mol. The molecule has 3 rings (SSSR count). The molecule has 0 fully saturated rings. The molecule has 0 saturated carbocycles. The standard InChI is InChI=1S/C19H19N5O6S/c1-8-14(13-15(21-8)23-19(20)24-17(13)28)31-10-4-2-9(3-5-10)16(27)22-11(18(29)30)6-7-12(25)26/h2-5,11H,6-7H2,1H3,(H,22,27)(H,25,26)(H,29,30)(H4,20,21,23,24,28)/t11-/m0/s1. The van der Waals surface area contributed by atoms with Crippen molar-refractivity contribution >= 4 is 46.6 Å². The first-order chi connectivity index (χ1) is 14.7. The maximum atomic E-state index is 12.3. The number of nitrogen functional groups attached to an aromatic ring is 1. The number of nitrogens with zero attached hydrogens (tertiary/aromatic N) is 1. The summed E-state index contributed by atoms with van der Waals surface area (Å²) in [7, 11) is 0. The van der Waals surface area contributed by atoms with Crippen molar-refractivity contribution in [2.24, 2.45) is 0 Å². The van der Waals surface area contributed by atoms with E-state index in [4.69, 9.17) is 15.9 Å². The number of H-pyrrole nitrogens is 2. The Hall–Kier alpha value is -3.80. The van der Waals surface area contributed by atoms with Crippen LogP contribution in [0.3, 0.4) is 0 Å². The van der Waals surface area contributed by atoms with Crippen molar-refractivity contribution in [3.05, 3.63) is 45.9 Å². The highest BCUT2D eigenvalue weighted by Gasteiger charge is 2.22. The molecule has 2 aromatic heterocycles. The van der Waals surface area contributed by atoms with Crippen molar-refractivity contribution in [2.45, 2.75) is 35.6 Å². The number of hydrogen-bond donors (Lipinski definition) is 6. The van der Waals surface area contributed by atoms with Crippen LogP contribution in [-0.4, -0.2) is 49.1 Å². The molecule has 7 N–H and O–H groups in total. The first kappa shape index (κ1) is 21.9. The maximum Gasteiger partial charge on any atom is 0.326 e. The Balaban J connectivity index is 1.76. The Morgan fingerprint density at radius 1 is 1.19 bits per heavy atom. The summed E-state index contributed by atoms with van der Waals surface area (Å²) in [5.41, 5.74) is 6.52. The van der Waals surface area contributed by atoms with Crippen LogP contribution < -0.4 is 16.6 Å². The third-order valence-electron chi connectivity index (χ3n) is 4.40. The van der Waals surface area contributed by atoms with Crippen LogP contribution in [0.1, 0.15) is 28.9 Å². The first-order valence-electron chi connectivity index (χ1n) is 9.07. The Bertz CT molecular complexity index is 1220. The number of carboxylic acids is 2. The SMILES string of the molecule is Cc1[nH]c2nc(N)[nH]c(=O)c2c1Sc1ccc(C(=O)N[C@@H](CCC(=O)O)C(=O)O)cc1. The van der Waals surface area contributed by atoms with E-state index in [9.17, 15) is 19.2 Å². The molecule has 11 nitrogen and oxygen atoms in total.